The molecule has 120 valence electrons. The van der Waals surface area contributed by atoms with Crippen molar-refractivity contribution in [3.05, 3.63) is 48.0 Å². The zero-order valence-corrected chi connectivity index (χ0v) is 13.7. The van der Waals surface area contributed by atoms with Gasteiger partial charge in [0.25, 0.3) is 0 Å². The molecule has 0 radical (unpaired) electrons. The highest BCUT2D eigenvalue weighted by atomic mass is 16.2. The third-order valence-corrected chi connectivity index (χ3v) is 5.48. The third-order valence-electron chi connectivity index (χ3n) is 5.48. The molecule has 1 N–H and O–H groups in total. The van der Waals surface area contributed by atoms with Crippen LogP contribution in [-0.4, -0.2) is 36.0 Å². The van der Waals surface area contributed by atoms with Crippen LogP contribution in [0.4, 0.5) is 0 Å². The van der Waals surface area contributed by atoms with Gasteiger partial charge in [0, 0.05) is 25.2 Å². The SMILES string of the molecule is CC(C(=O)N1CCC2CCC(C1)N2)c1ccc2ccccc2c1. The normalized spacial score (nSPS) is 25.3. The summed E-state index contributed by atoms with van der Waals surface area (Å²) in [6.45, 7) is 3.81. The Bertz CT molecular complexity index is 726. The molecule has 2 aliphatic heterocycles. The van der Waals surface area contributed by atoms with Crippen molar-refractivity contribution in [1.29, 1.82) is 0 Å². The number of benzene rings is 2. The van der Waals surface area contributed by atoms with Crippen LogP contribution in [0.2, 0.25) is 0 Å². The van der Waals surface area contributed by atoms with E-state index >= 15 is 0 Å². The van der Waals surface area contributed by atoms with Crippen LogP contribution in [0.1, 0.15) is 37.7 Å². The maximum absolute atomic E-state index is 13.0. The van der Waals surface area contributed by atoms with Crippen LogP contribution in [0, 0.1) is 0 Å². The van der Waals surface area contributed by atoms with E-state index in [4.69, 9.17) is 0 Å². The van der Waals surface area contributed by atoms with Gasteiger partial charge in [-0.05, 0) is 42.5 Å². The van der Waals surface area contributed by atoms with Gasteiger partial charge in [-0.1, -0.05) is 42.5 Å². The van der Waals surface area contributed by atoms with Gasteiger partial charge in [-0.2, -0.15) is 0 Å². The summed E-state index contributed by atoms with van der Waals surface area (Å²) in [6.07, 6.45) is 3.57. The average molecular weight is 308 g/mol. The molecule has 3 atom stereocenters. The first kappa shape index (κ1) is 14.7. The molecular formula is C20H24N2O. The predicted octanol–water partition coefficient (Wildman–Crippen LogP) is 3.30. The Balaban J connectivity index is 1.54. The number of hydrogen-bond acceptors (Lipinski definition) is 2. The minimum absolute atomic E-state index is 0.0729. The fourth-order valence-corrected chi connectivity index (χ4v) is 4.04. The number of carbonyl (C=O) groups is 1. The molecule has 0 saturated carbocycles. The number of rotatable bonds is 2. The van der Waals surface area contributed by atoms with Crippen molar-refractivity contribution in [1.82, 2.24) is 10.2 Å². The highest BCUT2D eigenvalue weighted by molar-refractivity contribution is 5.87. The van der Waals surface area contributed by atoms with Crippen LogP contribution in [0.15, 0.2) is 42.5 Å². The smallest absolute Gasteiger partial charge is 0.229 e. The molecule has 2 aliphatic rings. The van der Waals surface area contributed by atoms with Gasteiger partial charge < -0.3 is 10.2 Å². The van der Waals surface area contributed by atoms with Crippen LogP contribution in [0.25, 0.3) is 10.8 Å². The molecule has 1 amide bonds. The fourth-order valence-electron chi connectivity index (χ4n) is 4.04. The quantitative estimate of drug-likeness (QED) is 0.923. The lowest BCUT2D eigenvalue weighted by Gasteiger charge is -2.27. The van der Waals surface area contributed by atoms with Gasteiger partial charge in [0.05, 0.1) is 5.92 Å². The summed E-state index contributed by atoms with van der Waals surface area (Å²) in [6, 6.07) is 15.8. The summed E-state index contributed by atoms with van der Waals surface area (Å²) >= 11 is 0. The zero-order chi connectivity index (χ0) is 15.8. The molecule has 0 aromatic heterocycles. The van der Waals surface area contributed by atoms with Gasteiger partial charge in [0.1, 0.15) is 0 Å². The Kier molecular flexibility index (Phi) is 3.82. The fraction of sp³-hybridized carbons (Fsp3) is 0.450. The van der Waals surface area contributed by atoms with Gasteiger partial charge in [0.2, 0.25) is 5.91 Å². The minimum Gasteiger partial charge on any atom is -0.341 e. The highest BCUT2D eigenvalue weighted by Gasteiger charge is 2.32. The average Bonchev–Trinajstić information content (AvgIpc) is 2.92. The van der Waals surface area contributed by atoms with E-state index in [9.17, 15) is 4.79 Å². The van der Waals surface area contributed by atoms with E-state index in [1.165, 1.54) is 23.6 Å². The van der Waals surface area contributed by atoms with Crippen LogP contribution in [0.3, 0.4) is 0 Å². The molecule has 2 heterocycles. The lowest BCUT2D eigenvalue weighted by Crippen LogP contribution is -2.40. The molecule has 2 fully saturated rings. The summed E-state index contributed by atoms with van der Waals surface area (Å²) in [7, 11) is 0. The monoisotopic (exact) mass is 308 g/mol. The Hall–Kier alpha value is -1.87. The van der Waals surface area contributed by atoms with E-state index in [0.29, 0.717) is 12.1 Å². The first-order chi connectivity index (χ1) is 11.2. The summed E-state index contributed by atoms with van der Waals surface area (Å²) in [5.41, 5.74) is 1.12. The second kappa shape index (κ2) is 5.97. The first-order valence-electron chi connectivity index (χ1n) is 8.74. The van der Waals surface area contributed by atoms with Crippen LogP contribution in [0.5, 0.6) is 0 Å². The standard InChI is InChI=1S/C20H24N2O/c1-14(16-7-6-15-4-2-3-5-17(15)12-16)20(23)22-11-10-18-8-9-19(13-22)21-18/h2-7,12,14,18-19,21H,8-11,13H2,1H3. The molecular weight excluding hydrogens is 284 g/mol. The molecule has 2 bridgehead atoms. The van der Waals surface area contributed by atoms with Crippen molar-refractivity contribution < 1.29 is 4.79 Å². The van der Waals surface area contributed by atoms with Crippen LogP contribution in [-0.2, 0) is 4.79 Å². The molecule has 23 heavy (non-hydrogen) atoms. The number of amides is 1. The molecule has 2 saturated heterocycles. The van der Waals surface area contributed by atoms with Crippen LogP contribution >= 0.6 is 0 Å². The summed E-state index contributed by atoms with van der Waals surface area (Å²) in [4.78, 5) is 15.0. The number of likely N-dealkylation sites (tertiary alicyclic amines) is 1. The van der Waals surface area contributed by atoms with Crippen molar-refractivity contribution in [3.63, 3.8) is 0 Å². The third kappa shape index (κ3) is 2.86. The van der Waals surface area contributed by atoms with Gasteiger partial charge in [-0.15, -0.1) is 0 Å². The van der Waals surface area contributed by atoms with E-state index < -0.39 is 0 Å². The van der Waals surface area contributed by atoms with E-state index in [1.807, 2.05) is 6.92 Å². The van der Waals surface area contributed by atoms with E-state index in [-0.39, 0.29) is 11.8 Å². The molecule has 0 aliphatic carbocycles. The van der Waals surface area contributed by atoms with Crippen LogP contribution < -0.4 is 5.32 Å². The van der Waals surface area contributed by atoms with E-state index in [1.54, 1.807) is 0 Å². The topological polar surface area (TPSA) is 32.3 Å². The number of carbonyl (C=O) groups excluding carboxylic acids is 1. The maximum Gasteiger partial charge on any atom is 0.229 e. The summed E-state index contributed by atoms with van der Waals surface area (Å²) in [5, 5.41) is 6.08. The molecule has 4 rings (SSSR count). The highest BCUT2D eigenvalue weighted by Crippen LogP contribution is 2.26. The Morgan fingerprint density at radius 1 is 1.09 bits per heavy atom. The lowest BCUT2D eigenvalue weighted by atomic mass is 9.96. The van der Waals surface area contributed by atoms with Crippen molar-refractivity contribution in [2.24, 2.45) is 0 Å². The van der Waals surface area contributed by atoms with Crippen molar-refractivity contribution >= 4 is 16.7 Å². The van der Waals surface area contributed by atoms with Gasteiger partial charge in [-0.25, -0.2) is 0 Å². The van der Waals surface area contributed by atoms with Crippen molar-refractivity contribution in [2.75, 3.05) is 13.1 Å². The second-order valence-corrected chi connectivity index (χ2v) is 7.04. The van der Waals surface area contributed by atoms with Crippen molar-refractivity contribution in [2.45, 2.75) is 44.2 Å². The summed E-state index contributed by atoms with van der Waals surface area (Å²) in [5.74, 6) is 0.200. The summed E-state index contributed by atoms with van der Waals surface area (Å²) < 4.78 is 0. The van der Waals surface area contributed by atoms with E-state index in [2.05, 4.69) is 52.7 Å². The zero-order valence-electron chi connectivity index (χ0n) is 13.7. The Morgan fingerprint density at radius 2 is 1.87 bits per heavy atom. The van der Waals surface area contributed by atoms with Gasteiger partial charge in [-0.3, -0.25) is 4.79 Å². The number of nitrogens with one attached hydrogen (secondary N) is 1. The molecule has 2 aromatic rings. The maximum atomic E-state index is 13.0. The molecule has 3 nitrogen and oxygen atoms in total. The lowest BCUT2D eigenvalue weighted by molar-refractivity contribution is -0.132. The van der Waals surface area contributed by atoms with Gasteiger partial charge >= 0.3 is 0 Å². The molecule has 3 unspecified atom stereocenters. The van der Waals surface area contributed by atoms with Gasteiger partial charge in [0.15, 0.2) is 0 Å². The number of nitrogens with zero attached hydrogens (tertiary/aromatic N) is 1. The number of hydrogen-bond donors (Lipinski definition) is 1. The largest absolute Gasteiger partial charge is 0.341 e. The molecule has 2 aromatic carbocycles. The first-order valence-corrected chi connectivity index (χ1v) is 8.74. The number of fused-ring (bicyclic) bond motifs is 3. The van der Waals surface area contributed by atoms with E-state index in [0.717, 1.165) is 25.1 Å². The Labute approximate surface area is 137 Å². The second-order valence-electron chi connectivity index (χ2n) is 7.04. The minimum atomic E-state index is -0.0729. The van der Waals surface area contributed by atoms with Crippen molar-refractivity contribution in [3.8, 4) is 0 Å². The molecule has 0 spiro atoms. The molecule has 3 heteroatoms. The Morgan fingerprint density at radius 3 is 2.74 bits per heavy atom. The predicted molar refractivity (Wildman–Crippen MR) is 93.5 cm³/mol.